The monoisotopic (exact) mass is 356 g/mol. The van der Waals surface area contributed by atoms with Crippen molar-refractivity contribution < 1.29 is 23.9 Å². The van der Waals surface area contributed by atoms with E-state index < -0.39 is 41.9 Å². The van der Waals surface area contributed by atoms with Gasteiger partial charge in [-0.3, -0.25) is 14.4 Å². The number of rotatable bonds is 9. The first-order valence-corrected chi connectivity index (χ1v) is 8.19. The summed E-state index contributed by atoms with van der Waals surface area (Å²) >= 11 is 0. The molecule has 0 bridgehead atoms. The average molecular weight is 356 g/mol. The van der Waals surface area contributed by atoms with Gasteiger partial charge in [-0.2, -0.15) is 10.5 Å². The van der Waals surface area contributed by atoms with Crippen LogP contribution in [0.5, 0.6) is 0 Å². The van der Waals surface area contributed by atoms with Gasteiger partial charge in [-0.15, -0.1) is 0 Å². The van der Waals surface area contributed by atoms with Crippen molar-refractivity contribution in [2.45, 2.75) is 26.2 Å². The third kappa shape index (κ3) is 5.42. The van der Waals surface area contributed by atoms with Crippen molar-refractivity contribution >= 4 is 17.7 Å². The van der Waals surface area contributed by atoms with Crippen LogP contribution in [-0.2, 0) is 23.9 Å². The fraction of sp³-hybridized carbons (Fsp3) is 0.421. The van der Waals surface area contributed by atoms with Crippen molar-refractivity contribution in [1.29, 1.82) is 10.5 Å². The van der Waals surface area contributed by atoms with Crippen LogP contribution in [-0.4, -0.2) is 30.9 Å². The summed E-state index contributed by atoms with van der Waals surface area (Å²) in [4.78, 5) is 36.8. The van der Waals surface area contributed by atoms with Gasteiger partial charge >= 0.3 is 11.9 Å². The molecule has 2 atom stereocenters. The second-order valence-corrected chi connectivity index (χ2v) is 5.35. The first-order chi connectivity index (χ1) is 12.5. The number of ether oxygens (including phenoxy) is 2. The molecule has 1 rings (SSSR count). The smallest absolute Gasteiger partial charge is 0.317 e. The highest BCUT2D eigenvalue weighted by atomic mass is 16.5. The maximum Gasteiger partial charge on any atom is 0.317 e. The van der Waals surface area contributed by atoms with E-state index in [1.54, 1.807) is 44.2 Å². The molecule has 0 heterocycles. The summed E-state index contributed by atoms with van der Waals surface area (Å²) < 4.78 is 9.74. The third-order valence-corrected chi connectivity index (χ3v) is 3.69. The summed E-state index contributed by atoms with van der Waals surface area (Å²) in [5.41, 5.74) is 0.468. The van der Waals surface area contributed by atoms with E-state index in [4.69, 9.17) is 9.47 Å². The van der Waals surface area contributed by atoms with Crippen LogP contribution < -0.4 is 0 Å². The van der Waals surface area contributed by atoms with Gasteiger partial charge in [0.15, 0.2) is 5.78 Å². The number of nitriles is 2. The lowest BCUT2D eigenvalue weighted by Crippen LogP contribution is -2.36. The van der Waals surface area contributed by atoms with E-state index in [0.29, 0.717) is 5.56 Å². The lowest BCUT2D eigenvalue weighted by Gasteiger charge is -2.25. The topological polar surface area (TPSA) is 117 Å². The summed E-state index contributed by atoms with van der Waals surface area (Å²) in [6.45, 7) is 3.29. The van der Waals surface area contributed by atoms with Crippen molar-refractivity contribution in [3.63, 3.8) is 0 Å². The minimum Gasteiger partial charge on any atom is -0.466 e. The SMILES string of the molecule is CCOC(=O)CC(=O)C(C(=O)OCC)C(c1ccccc1)C(C#N)C#N. The zero-order valence-electron chi connectivity index (χ0n) is 14.7. The van der Waals surface area contributed by atoms with Crippen molar-refractivity contribution in [3.05, 3.63) is 35.9 Å². The molecule has 0 fully saturated rings. The Morgan fingerprint density at radius 1 is 1.00 bits per heavy atom. The summed E-state index contributed by atoms with van der Waals surface area (Å²) in [7, 11) is 0. The lowest BCUT2D eigenvalue weighted by atomic mass is 9.75. The van der Waals surface area contributed by atoms with Crippen LogP contribution in [0.4, 0.5) is 0 Å². The molecule has 2 unspecified atom stereocenters. The van der Waals surface area contributed by atoms with Gasteiger partial charge in [0.05, 0.1) is 25.4 Å². The number of hydrogen-bond acceptors (Lipinski definition) is 7. The first-order valence-electron chi connectivity index (χ1n) is 8.19. The minimum atomic E-state index is -1.45. The van der Waals surface area contributed by atoms with Gasteiger partial charge in [-0.25, -0.2) is 0 Å². The largest absolute Gasteiger partial charge is 0.466 e. The number of ketones is 1. The average Bonchev–Trinajstić information content (AvgIpc) is 2.62. The van der Waals surface area contributed by atoms with Gasteiger partial charge in [0.25, 0.3) is 0 Å². The summed E-state index contributed by atoms with van der Waals surface area (Å²) in [6.07, 6.45) is -0.635. The fourth-order valence-electron chi connectivity index (χ4n) is 2.62. The van der Waals surface area contributed by atoms with Crippen LogP contribution in [0.3, 0.4) is 0 Å². The Labute approximate surface area is 152 Å². The van der Waals surface area contributed by atoms with E-state index in [1.807, 2.05) is 12.1 Å². The number of esters is 2. The molecule has 0 saturated heterocycles. The molecule has 7 heteroatoms. The van der Waals surface area contributed by atoms with Crippen LogP contribution in [0.1, 0.15) is 31.7 Å². The quantitative estimate of drug-likeness (QED) is 0.491. The number of carbonyl (C=O) groups is 3. The molecule has 0 aliphatic heterocycles. The van der Waals surface area contributed by atoms with Crippen molar-refractivity contribution in [3.8, 4) is 12.1 Å². The van der Waals surface area contributed by atoms with Crippen molar-refractivity contribution in [2.75, 3.05) is 13.2 Å². The van der Waals surface area contributed by atoms with Crippen LogP contribution in [0.2, 0.25) is 0 Å². The summed E-state index contributed by atoms with van der Waals surface area (Å²) in [6, 6.07) is 12.0. The Balaban J connectivity index is 3.35. The molecule has 0 spiro atoms. The molecule has 0 N–H and O–H groups in total. The van der Waals surface area contributed by atoms with Crippen molar-refractivity contribution in [1.82, 2.24) is 0 Å². The molecule has 0 aliphatic carbocycles. The maximum absolute atomic E-state index is 12.7. The molecule has 0 radical (unpaired) electrons. The predicted octanol–water partition coefficient (Wildman–Crippen LogP) is 2.14. The number of nitrogens with zero attached hydrogens (tertiary/aromatic N) is 2. The van der Waals surface area contributed by atoms with Gasteiger partial charge in [-0.05, 0) is 19.4 Å². The van der Waals surface area contributed by atoms with E-state index in [-0.39, 0.29) is 13.2 Å². The highest BCUT2D eigenvalue weighted by Gasteiger charge is 2.42. The van der Waals surface area contributed by atoms with Crippen LogP contribution in [0.15, 0.2) is 30.3 Å². The maximum atomic E-state index is 12.7. The Morgan fingerprint density at radius 2 is 1.58 bits per heavy atom. The van der Waals surface area contributed by atoms with E-state index in [9.17, 15) is 24.9 Å². The second-order valence-electron chi connectivity index (χ2n) is 5.35. The molecule has 0 aromatic heterocycles. The van der Waals surface area contributed by atoms with Crippen molar-refractivity contribution in [2.24, 2.45) is 11.8 Å². The van der Waals surface area contributed by atoms with Gasteiger partial charge in [0.1, 0.15) is 18.3 Å². The second kappa shape index (κ2) is 10.6. The normalized spacial score (nSPS) is 12.3. The summed E-state index contributed by atoms with van der Waals surface area (Å²) in [5, 5.41) is 18.7. The summed E-state index contributed by atoms with van der Waals surface area (Å²) in [5.74, 6) is -6.15. The Bertz CT molecular complexity index is 704. The molecule has 1 aromatic carbocycles. The number of hydrogen-bond donors (Lipinski definition) is 0. The molecular weight excluding hydrogens is 336 g/mol. The molecular formula is C19H20N2O5. The van der Waals surface area contributed by atoms with Crippen LogP contribution >= 0.6 is 0 Å². The molecule has 0 amide bonds. The van der Waals surface area contributed by atoms with E-state index in [1.165, 1.54) is 0 Å². The number of Topliss-reactive ketones (excluding diaryl/α,β-unsaturated/α-hetero) is 1. The molecule has 0 aliphatic rings. The zero-order valence-corrected chi connectivity index (χ0v) is 14.7. The Kier molecular flexibility index (Phi) is 8.52. The van der Waals surface area contributed by atoms with Crippen LogP contribution in [0.25, 0.3) is 0 Å². The highest BCUT2D eigenvalue weighted by Crippen LogP contribution is 2.34. The van der Waals surface area contributed by atoms with E-state index >= 15 is 0 Å². The van der Waals surface area contributed by atoms with Gasteiger partial charge in [-0.1, -0.05) is 30.3 Å². The Morgan fingerprint density at radius 3 is 2.08 bits per heavy atom. The third-order valence-electron chi connectivity index (χ3n) is 3.69. The van der Waals surface area contributed by atoms with Gasteiger partial charge < -0.3 is 9.47 Å². The molecule has 1 aromatic rings. The molecule has 0 saturated carbocycles. The number of benzene rings is 1. The minimum absolute atomic E-state index is 0.0211. The zero-order chi connectivity index (χ0) is 19.5. The standard InChI is InChI=1S/C19H20N2O5/c1-3-25-16(23)10-15(22)18(19(24)26-4-2)17(14(11-20)12-21)13-8-6-5-7-9-13/h5-9,14,17-18H,3-4,10H2,1-2H3. The van der Waals surface area contributed by atoms with Crippen LogP contribution in [0, 0.1) is 34.5 Å². The first kappa shape index (κ1) is 20.9. The van der Waals surface area contributed by atoms with Gasteiger partial charge in [0, 0.05) is 5.92 Å². The fourth-order valence-corrected chi connectivity index (χ4v) is 2.62. The van der Waals surface area contributed by atoms with E-state index in [0.717, 1.165) is 0 Å². The lowest BCUT2D eigenvalue weighted by molar-refractivity contribution is -0.154. The number of carbonyl (C=O) groups excluding carboxylic acids is 3. The molecule has 26 heavy (non-hydrogen) atoms. The predicted molar refractivity (Wildman–Crippen MR) is 90.3 cm³/mol. The van der Waals surface area contributed by atoms with Gasteiger partial charge in [0.2, 0.25) is 0 Å². The van der Waals surface area contributed by atoms with E-state index in [2.05, 4.69) is 0 Å². The molecule has 7 nitrogen and oxygen atoms in total. The Hall–Kier alpha value is -3.19. The highest BCUT2D eigenvalue weighted by molar-refractivity contribution is 6.06. The molecule has 136 valence electrons.